The van der Waals surface area contributed by atoms with Crippen molar-refractivity contribution in [3.05, 3.63) is 24.3 Å². The van der Waals surface area contributed by atoms with E-state index in [1.165, 1.54) is 0 Å². The minimum absolute atomic E-state index is 0.000494. The molecule has 4 atom stereocenters. The molecule has 0 aromatic heterocycles. The Bertz CT molecular complexity index is 617. The van der Waals surface area contributed by atoms with Gasteiger partial charge in [-0.25, -0.2) is 0 Å². The van der Waals surface area contributed by atoms with Crippen molar-refractivity contribution in [2.75, 3.05) is 0 Å². The first-order valence-electron chi connectivity index (χ1n) is 9.17. The quantitative estimate of drug-likeness (QED) is 0.521. The van der Waals surface area contributed by atoms with Gasteiger partial charge in [-0.15, -0.1) is 0 Å². The lowest BCUT2D eigenvalue weighted by Gasteiger charge is -2.46. The normalized spacial score (nSPS) is 36.3. The van der Waals surface area contributed by atoms with E-state index in [0.29, 0.717) is 19.3 Å². The molecule has 27 heavy (non-hydrogen) atoms. The summed E-state index contributed by atoms with van der Waals surface area (Å²) < 4.78 is 76.8. The molecule has 0 aromatic rings. The fraction of sp³-hybridized carbons (Fsp3) is 0.789. The van der Waals surface area contributed by atoms with Crippen molar-refractivity contribution in [1.29, 1.82) is 0 Å². The van der Waals surface area contributed by atoms with E-state index < -0.39 is 29.5 Å². The van der Waals surface area contributed by atoms with Crippen molar-refractivity contribution in [2.24, 2.45) is 22.7 Å². The van der Waals surface area contributed by atoms with Crippen LogP contribution in [-0.2, 0) is 0 Å². The highest BCUT2D eigenvalue weighted by molar-refractivity contribution is 5.24. The van der Waals surface area contributed by atoms with E-state index in [9.17, 15) is 36.6 Å². The standard InChI is InChI=1S/C19H24F6O2/c1-15-7-2-4-13(26)12(15)5-6-14(15)16(10-11-16)8-3-9-17(27,18(20,21)22)19(23,24)25/h3,5-6,9,12-14,26-27H,2,4,7-8,10-11H2,1H3/b9-3+/t12-,13-,14?,15-/m0/s1. The van der Waals surface area contributed by atoms with E-state index in [1.807, 2.05) is 12.2 Å². The summed E-state index contributed by atoms with van der Waals surface area (Å²) in [6.07, 6.45) is -3.64. The predicted octanol–water partition coefficient (Wildman–Crippen LogP) is 4.92. The molecule has 0 spiro atoms. The summed E-state index contributed by atoms with van der Waals surface area (Å²) in [7, 11) is 0. The van der Waals surface area contributed by atoms with E-state index in [0.717, 1.165) is 18.9 Å². The Morgan fingerprint density at radius 2 is 1.63 bits per heavy atom. The third-order valence-electron chi connectivity index (χ3n) is 6.91. The Kier molecular flexibility index (Phi) is 4.79. The van der Waals surface area contributed by atoms with Crippen molar-refractivity contribution in [2.45, 2.75) is 69.5 Å². The maximum Gasteiger partial charge on any atom is 0.429 e. The molecule has 0 saturated heterocycles. The minimum atomic E-state index is -5.84. The highest BCUT2D eigenvalue weighted by Crippen LogP contribution is 2.67. The van der Waals surface area contributed by atoms with Gasteiger partial charge in [0, 0.05) is 5.92 Å². The number of halogens is 6. The number of hydrogen-bond acceptors (Lipinski definition) is 2. The van der Waals surface area contributed by atoms with Crippen LogP contribution in [0.2, 0.25) is 0 Å². The Morgan fingerprint density at radius 3 is 2.15 bits per heavy atom. The lowest BCUT2D eigenvalue weighted by molar-refractivity contribution is -0.347. The molecule has 2 saturated carbocycles. The van der Waals surface area contributed by atoms with E-state index in [2.05, 4.69) is 6.92 Å². The number of fused-ring (bicyclic) bond motifs is 1. The van der Waals surface area contributed by atoms with Crippen LogP contribution < -0.4 is 0 Å². The molecule has 154 valence electrons. The molecule has 2 N–H and O–H groups in total. The van der Waals surface area contributed by atoms with Crippen LogP contribution in [0.25, 0.3) is 0 Å². The number of aliphatic hydroxyl groups excluding tert-OH is 1. The van der Waals surface area contributed by atoms with Crippen LogP contribution in [0.3, 0.4) is 0 Å². The van der Waals surface area contributed by atoms with Crippen molar-refractivity contribution < 1.29 is 36.6 Å². The van der Waals surface area contributed by atoms with Gasteiger partial charge in [0.25, 0.3) is 5.60 Å². The first kappa shape index (κ1) is 20.7. The summed E-state index contributed by atoms with van der Waals surface area (Å²) in [6.45, 7) is 2.05. The molecule has 0 bridgehead atoms. The van der Waals surface area contributed by atoms with Gasteiger partial charge in [-0.1, -0.05) is 31.6 Å². The lowest BCUT2D eigenvalue weighted by Crippen LogP contribution is -2.55. The summed E-state index contributed by atoms with van der Waals surface area (Å²) in [4.78, 5) is 0. The van der Waals surface area contributed by atoms with Crippen LogP contribution in [-0.4, -0.2) is 34.3 Å². The summed E-state index contributed by atoms with van der Waals surface area (Å²) >= 11 is 0. The van der Waals surface area contributed by atoms with Crippen molar-refractivity contribution in [3.8, 4) is 0 Å². The Hall–Kier alpha value is -1.02. The molecular weight excluding hydrogens is 374 g/mol. The van der Waals surface area contributed by atoms with E-state index in [4.69, 9.17) is 0 Å². The first-order chi connectivity index (χ1) is 12.3. The lowest BCUT2D eigenvalue weighted by atomic mass is 9.59. The Labute approximate surface area is 153 Å². The van der Waals surface area contributed by atoms with Crippen molar-refractivity contribution in [1.82, 2.24) is 0 Å². The summed E-state index contributed by atoms with van der Waals surface area (Å²) in [5.74, 6) is -0.0283. The van der Waals surface area contributed by atoms with Crippen LogP contribution in [0.15, 0.2) is 24.3 Å². The van der Waals surface area contributed by atoms with Crippen molar-refractivity contribution in [3.63, 3.8) is 0 Å². The van der Waals surface area contributed by atoms with Crippen LogP contribution in [0.5, 0.6) is 0 Å². The second kappa shape index (κ2) is 6.24. The third kappa shape index (κ3) is 3.22. The zero-order valence-electron chi connectivity index (χ0n) is 14.9. The second-order valence-corrected chi connectivity index (χ2v) is 8.58. The molecule has 0 heterocycles. The average Bonchev–Trinajstić information content (AvgIpc) is 3.19. The molecule has 0 aromatic carbocycles. The summed E-state index contributed by atoms with van der Waals surface area (Å²) in [5, 5.41) is 19.5. The maximum atomic E-state index is 12.8. The number of rotatable bonds is 4. The second-order valence-electron chi connectivity index (χ2n) is 8.58. The van der Waals surface area contributed by atoms with Crippen LogP contribution in [0.1, 0.15) is 45.4 Å². The number of hydrogen-bond donors (Lipinski definition) is 2. The van der Waals surface area contributed by atoms with Crippen LogP contribution in [0, 0.1) is 22.7 Å². The monoisotopic (exact) mass is 398 g/mol. The number of allylic oxidation sites excluding steroid dienone is 2. The zero-order chi connectivity index (χ0) is 20.3. The van der Waals surface area contributed by atoms with Gasteiger partial charge in [0.2, 0.25) is 0 Å². The van der Waals surface area contributed by atoms with Crippen molar-refractivity contribution >= 4 is 0 Å². The fourth-order valence-corrected chi connectivity index (χ4v) is 5.16. The molecule has 2 nitrogen and oxygen atoms in total. The maximum absolute atomic E-state index is 12.8. The molecule has 3 rings (SSSR count). The number of aliphatic hydroxyl groups is 2. The van der Waals surface area contributed by atoms with Gasteiger partial charge in [0.1, 0.15) is 0 Å². The molecule has 1 unspecified atom stereocenters. The molecule has 2 fully saturated rings. The predicted molar refractivity (Wildman–Crippen MR) is 86.6 cm³/mol. The topological polar surface area (TPSA) is 40.5 Å². The van der Waals surface area contributed by atoms with Gasteiger partial charge in [0.05, 0.1) is 6.10 Å². The molecule has 0 aliphatic heterocycles. The molecule has 0 radical (unpaired) electrons. The van der Waals surface area contributed by atoms with Crippen LogP contribution in [0.4, 0.5) is 26.3 Å². The molecular formula is C19H24F6O2. The van der Waals surface area contributed by atoms with E-state index in [-0.39, 0.29) is 29.7 Å². The number of alkyl halides is 6. The minimum Gasteiger partial charge on any atom is -0.392 e. The smallest absolute Gasteiger partial charge is 0.392 e. The molecule has 8 heteroatoms. The zero-order valence-corrected chi connectivity index (χ0v) is 14.9. The van der Waals surface area contributed by atoms with Gasteiger partial charge < -0.3 is 10.2 Å². The highest BCUT2D eigenvalue weighted by atomic mass is 19.4. The Morgan fingerprint density at radius 1 is 1.04 bits per heavy atom. The van der Waals surface area contributed by atoms with Crippen LogP contribution >= 0.6 is 0 Å². The van der Waals surface area contributed by atoms with Gasteiger partial charge in [-0.3, -0.25) is 0 Å². The first-order valence-corrected chi connectivity index (χ1v) is 9.17. The molecule has 3 aliphatic rings. The van der Waals surface area contributed by atoms with E-state index >= 15 is 0 Å². The average molecular weight is 398 g/mol. The van der Waals surface area contributed by atoms with Gasteiger partial charge in [0.15, 0.2) is 0 Å². The summed E-state index contributed by atoms with van der Waals surface area (Å²) in [5.41, 5.74) is -5.47. The Balaban J connectivity index is 1.78. The summed E-state index contributed by atoms with van der Waals surface area (Å²) in [6, 6.07) is 0. The highest BCUT2D eigenvalue weighted by Gasteiger charge is 2.69. The fourth-order valence-electron chi connectivity index (χ4n) is 5.16. The SMILES string of the molecule is C[C@]12CCC[C@H](O)[C@@H]1C=CC2C1(C/C=C/C(O)(C(F)(F)F)C(F)(F)F)CC1. The third-order valence-corrected chi connectivity index (χ3v) is 6.91. The van der Waals surface area contributed by atoms with E-state index in [1.54, 1.807) is 0 Å². The van der Waals surface area contributed by atoms with Gasteiger partial charge in [-0.2, -0.15) is 26.3 Å². The van der Waals surface area contributed by atoms with Gasteiger partial charge >= 0.3 is 12.4 Å². The largest absolute Gasteiger partial charge is 0.429 e. The molecule has 3 aliphatic carbocycles. The molecule has 0 amide bonds. The van der Waals surface area contributed by atoms with Gasteiger partial charge in [-0.05, 0) is 54.9 Å².